The molecule has 0 spiro atoms. The largest absolute Gasteiger partial charge is 0.497 e. The van der Waals surface area contributed by atoms with E-state index in [0.29, 0.717) is 23.6 Å². The summed E-state index contributed by atoms with van der Waals surface area (Å²) in [5.74, 6) is 1.26. The summed E-state index contributed by atoms with van der Waals surface area (Å²) in [4.78, 5) is 23.7. The molecule has 1 N–H and O–H groups in total. The molecule has 138 valence electrons. The maximum absolute atomic E-state index is 12.3. The van der Waals surface area contributed by atoms with Crippen LogP contribution in [0.2, 0.25) is 0 Å². The molecule has 0 unspecified atom stereocenters. The predicted molar refractivity (Wildman–Crippen MR) is 97.9 cm³/mol. The fourth-order valence-corrected chi connectivity index (χ4v) is 2.30. The number of carbonyl (C=O) groups excluding carboxylic acids is 2. The van der Waals surface area contributed by atoms with Gasteiger partial charge >= 0.3 is 0 Å². The average Bonchev–Trinajstić information content (AvgIpc) is 2.66. The topological polar surface area (TPSA) is 73.9 Å². The molecule has 26 heavy (non-hydrogen) atoms. The fourth-order valence-electron chi connectivity index (χ4n) is 2.30. The van der Waals surface area contributed by atoms with Crippen LogP contribution in [0.15, 0.2) is 42.5 Å². The molecule has 0 aromatic heterocycles. The number of rotatable bonds is 8. The smallest absolute Gasteiger partial charge is 0.261 e. The number of ketones is 1. The molecule has 0 aliphatic heterocycles. The molecular formula is C20H23NO5. The van der Waals surface area contributed by atoms with Crippen molar-refractivity contribution in [2.75, 3.05) is 14.2 Å². The van der Waals surface area contributed by atoms with Crippen LogP contribution in [0.4, 0.5) is 0 Å². The Kier molecular flexibility index (Phi) is 6.60. The monoisotopic (exact) mass is 357 g/mol. The molecule has 2 aromatic rings. The molecule has 2 rings (SSSR count). The molecule has 0 heterocycles. The van der Waals surface area contributed by atoms with E-state index in [4.69, 9.17) is 14.2 Å². The second-order valence-electron chi connectivity index (χ2n) is 5.75. The van der Waals surface area contributed by atoms with Crippen molar-refractivity contribution in [2.45, 2.75) is 26.5 Å². The van der Waals surface area contributed by atoms with E-state index in [9.17, 15) is 9.59 Å². The third-order valence-corrected chi connectivity index (χ3v) is 3.87. The van der Waals surface area contributed by atoms with Crippen molar-refractivity contribution in [1.82, 2.24) is 5.32 Å². The molecule has 6 heteroatoms. The van der Waals surface area contributed by atoms with Crippen LogP contribution in [0.3, 0.4) is 0 Å². The number of Topliss-reactive ketones (excluding diaryl/α,β-unsaturated/α-hetero) is 1. The summed E-state index contributed by atoms with van der Waals surface area (Å²) in [6.45, 7) is 3.52. The van der Waals surface area contributed by atoms with Gasteiger partial charge in [0, 0.05) is 12.1 Å². The summed E-state index contributed by atoms with van der Waals surface area (Å²) in [5, 5.41) is 2.82. The van der Waals surface area contributed by atoms with Crippen molar-refractivity contribution in [3.8, 4) is 17.2 Å². The van der Waals surface area contributed by atoms with Crippen molar-refractivity contribution in [3.63, 3.8) is 0 Å². The molecule has 0 radical (unpaired) electrons. The highest BCUT2D eigenvalue weighted by atomic mass is 16.5. The molecule has 0 saturated heterocycles. The number of ether oxygens (including phenoxy) is 3. The summed E-state index contributed by atoms with van der Waals surface area (Å²) < 4.78 is 16.0. The van der Waals surface area contributed by atoms with Crippen LogP contribution in [-0.2, 0) is 11.3 Å². The normalized spacial score (nSPS) is 11.4. The number of nitrogens with one attached hydrogen (secondary N) is 1. The number of carbonyl (C=O) groups is 2. The van der Waals surface area contributed by atoms with E-state index in [2.05, 4.69) is 5.32 Å². The standard InChI is InChI=1S/C20H23NO5/c1-13(22)16-7-10-18(19(11-16)25-4)26-14(2)20(23)21-12-15-5-8-17(24-3)9-6-15/h5-11,14H,12H2,1-4H3,(H,21,23)/t14-/m1/s1. The molecule has 1 atom stereocenters. The summed E-state index contributed by atoms with van der Waals surface area (Å²) in [6, 6.07) is 12.3. The van der Waals surface area contributed by atoms with Crippen molar-refractivity contribution >= 4 is 11.7 Å². The highest BCUT2D eigenvalue weighted by molar-refractivity contribution is 5.94. The Labute approximate surface area is 153 Å². The van der Waals surface area contributed by atoms with Crippen molar-refractivity contribution in [3.05, 3.63) is 53.6 Å². The summed E-state index contributed by atoms with van der Waals surface area (Å²) >= 11 is 0. The molecule has 0 bridgehead atoms. The lowest BCUT2D eigenvalue weighted by molar-refractivity contribution is -0.127. The average molecular weight is 357 g/mol. The van der Waals surface area contributed by atoms with Gasteiger partial charge in [-0.1, -0.05) is 12.1 Å². The third kappa shape index (κ3) is 4.99. The van der Waals surface area contributed by atoms with Gasteiger partial charge in [0.1, 0.15) is 5.75 Å². The lowest BCUT2D eigenvalue weighted by atomic mass is 10.1. The third-order valence-electron chi connectivity index (χ3n) is 3.87. The number of benzene rings is 2. The SMILES string of the molecule is COc1ccc(CNC(=O)[C@@H](C)Oc2ccc(C(C)=O)cc2OC)cc1. The summed E-state index contributed by atoms with van der Waals surface area (Å²) in [6.07, 6.45) is -0.717. The highest BCUT2D eigenvalue weighted by Gasteiger charge is 2.17. The zero-order valence-corrected chi connectivity index (χ0v) is 15.4. The summed E-state index contributed by atoms with van der Waals surface area (Å²) in [5.41, 5.74) is 1.47. The number of hydrogen-bond acceptors (Lipinski definition) is 5. The second kappa shape index (κ2) is 8.89. The van der Waals surface area contributed by atoms with Gasteiger partial charge in [-0.2, -0.15) is 0 Å². The van der Waals surface area contributed by atoms with E-state index in [-0.39, 0.29) is 11.7 Å². The van der Waals surface area contributed by atoms with E-state index in [1.807, 2.05) is 24.3 Å². The van der Waals surface area contributed by atoms with Crippen LogP contribution in [-0.4, -0.2) is 32.0 Å². The van der Waals surface area contributed by atoms with Crippen molar-refractivity contribution in [1.29, 1.82) is 0 Å². The van der Waals surface area contributed by atoms with Crippen molar-refractivity contribution in [2.24, 2.45) is 0 Å². The van der Waals surface area contributed by atoms with Crippen LogP contribution >= 0.6 is 0 Å². The number of hydrogen-bond donors (Lipinski definition) is 1. The summed E-state index contributed by atoms with van der Waals surface area (Å²) in [7, 11) is 3.09. The second-order valence-corrected chi connectivity index (χ2v) is 5.75. The van der Waals surface area contributed by atoms with Crippen LogP contribution in [0.25, 0.3) is 0 Å². The van der Waals surface area contributed by atoms with Crippen molar-refractivity contribution < 1.29 is 23.8 Å². The van der Waals surface area contributed by atoms with Gasteiger partial charge in [-0.15, -0.1) is 0 Å². The predicted octanol–water partition coefficient (Wildman–Crippen LogP) is 2.99. The van der Waals surface area contributed by atoms with Gasteiger partial charge in [0.05, 0.1) is 14.2 Å². The van der Waals surface area contributed by atoms with Crippen LogP contribution in [0.5, 0.6) is 17.2 Å². The van der Waals surface area contributed by atoms with E-state index in [0.717, 1.165) is 11.3 Å². The van der Waals surface area contributed by atoms with Gasteiger partial charge < -0.3 is 19.5 Å². The van der Waals surface area contributed by atoms with Gasteiger partial charge in [-0.3, -0.25) is 9.59 Å². The molecule has 2 aromatic carbocycles. The minimum atomic E-state index is -0.717. The first kappa shape index (κ1) is 19.3. The Bertz CT molecular complexity index is 770. The zero-order chi connectivity index (χ0) is 19.1. The molecule has 0 saturated carbocycles. The zero-order valence-electron chi connectivity index (χ0n) is 15.4. The van der Waals surface area contributed by atoms with Crippen LogP contribution in [0.1, 0.15) is 29.8 Å². The van der Waals surface area contributed by atoms with Gasteiger partial charge in [0.15, 0.2) is 23.4 Å². The molecule has 0 fully saturated rings. The van der Waals surface area contributed by atoms with Crippen LogP contribution in [0, 0.1) is 0 Å². The number of methoxy groups -OCH3 is 2. The molecule has 0 aliphatic carbocycles. The van der Waals surface area contributed by atoms with Gasteiger partial charge in [0.25, 0.3) is 5.91 Å². The first-order valence-electron chi connectivity index (χ1n) is 8.21. The van der Waals surface area contributed by atoms with E-state index in [1.54, 1.807) is 32.2 Å². The number of amides is 1. The molecular weight excluding hydrogens is 334 g/mol. The lowest BCUT2D eigenvalue weighted by Gasteiger charge is -2.17. The Morgan fingerprint density at radius 1 is 1.00 bits per heavy atom. The minimum absolute atomic E-state index is 0.0693. The molecule has 1 amide bonds. The van der Waals surface area contributed by atoms with E-state index in [1.165, 1.54) is 14.0 Å². The Morgan fingerprint density at radius 3 is 2.27 bits per heavy atom. The van der Waals surface area contributed by atoms with E-state index >= 15 is 0 Å². The minimum Gasteiger partial charge on any atom is -0.497 e. The van der Waals surface area contributed by atoms with Gasteiger partial charge in [-0.25, -0.2) is 0 Å². The first-order valence-corrected chi connectivity index (χ1v) is 8.21. The lowest BCUT2D eigenvalue weighted by Crippen LogP contribution is -2.36. The molecule has 0 aliphatic rings. The Balaban J connectivity index is 1.96. The first-order chi connectivity index (χ1) is 12.4. The van der Waals surface area contributed by atoms with Crippen LogP contribution < -0.4 is 19.5 Å². The van der Waals surface area contributed by atoms with Gasteiger partial charge in [-0.05, 0) is 49.7 Å². The van der Waals surface area contributed by atoms with E-state index < -0.39 is 6.10 Å². The maximum atomic E-state index is 12.3. The Morgan fingerprint density at radius 2 is 1.69 bits per heavy atom. The highest BCUT2D eigenvalue weighted by Crippen LogP contribution is 2.29. The fraction of sp³-hybridized carbons (Fsp3) is 0.300. The molecule has 6 nitrogen and oxygen atoms in total. The quantitative estimate of drug-likeness (QED) is 0.735. The maximum Gasteiger partial charge on any atom is 0.261 e. The Hall–Kier alpha value is -3.02. The van der Waals surface area contributed by atoms with Gasteiger partial charge in [0.2, 0.25) is 0 Å².